The molecule has 33 heavy (non-hydrogen) atoms. The first-order valence-electron chi connectivity index (χ1n) is 10.2. The van der Waals surface area contributed by atoms with E-state index in [2.05, 4.69) is 0 Å². The molecule has 0 aliphatic rings. The van der Waals surface area contributed by atoms with Gasteiger partial charge in [0, 0.05) is 17.4 Å². The quantitative estimate of drug-likeness (QED) is 0.387. The first-order chi connectivity index (χ1) is 15.8. The molecule has 4 nitrogen and oxygen atoms in total. The Bertz CT molecular complexity index is 1400. The number of carbonyl (C=O) groups is 1. The number of aliphatic hydroxyl groups is 1. The number of halogens is 1. The highest BCUT2D eigenvalue weighted by molar-refractivity contribution is 7.90. The molecule has 0 aliphatic heterocycles. The second kappa shape index (κ2) is 9.10. The van der Waals surface area contributed by atoms with Crippen molar-refractivity contribution in [2.75, 3.05) is 6.26 Å². The van der Waals surface area contributed by atoms with Crippen LogP contribution in [-0.4, -0.2) is 25.6 Å². The molecule has 4 aromatic rings. The highest BCUT2D eigenvalue weighted by atomic mass is 32.2. The lowest BCUT2D eigenvalue weighted by atomic mass is 9.87. The molecule has 0 amide bonds. The van der Waals surface area contributed by atoms with E-state index >= 15 is 0 Å². The largest absolute Gasteiger partial charge is 0.380 e. The lowest BCUT2D eigenvalue weighted by molar-refractivity contribution is 0.0748. The number of sulfone groups is 1. The van der Waals surface area contributed by atoms with Gasteiger partial charge in [0.1, 0.15) is 11.9 Å². The molecule has 0 bridgehead atoms. The average molecular weight is 461 g/mol. The van der Waals surface area contributed by atoms with Gasteiger partial charge < -0.3 is 5.11 Å². The van der Waals surface area contributed by atoms with Crippen LogP contribution in [0.2, 0.25) is 0 Å². The number of carbonyl (C=O) groups excluding carboxylic acids is 1. The van der Waals surface area contributed by atoms with Crippen molar-refractivity contribution < 1.29 is 22.7 Å². The van der Waals surface area contributed by atoms with Crippen molar-refractivity contribution in [1.82, 2.24) is 0 Å². The molecule has 6 heteroatoms. The van der Waals surface area contributed by atoms with Crippen molar-refractivity contribution >= 4 is 15.6 Å². The standard InChI is InChI=1S/C27H21FO4S/c1-33(31,32)22-16-12-18(13-17-22)23-8-5-9-24(25(23)19-6-3-2-4-7-19)27(30)26(29)20-10-14-21(28)15-11-20/h2-17,26,29H,1H3. The van der Waals surface area contributed by atoms with E-state index in [0.717, 1.165) is 22.9 Å². The minimum absolute atomic E-state index is 0.200. The molecular weight excluding hydrogens is 439 g/mol. The highest BCUT2D eigenvalue weighted by Crippen LogP contribution is 2.37. The summed E-state index contributed by atoms with van der Waals surface area (Å²) in [4.78, 5) is 13.6. The fraction of sp³-hybridized carbons (Fsp3) is 0.0741. The molecule has 0 spiro atoms. The van der Waals surface area contributed by atoms with Crippen molar-refractivity contribution in [3.63, 3.8) is 0 Å². The van der Waals surface area contributed by atoms with Gasteiger partial charge in [0.15, 0.2) is 15.6 Å². The van der Waals surface area contributed by atoms with Gasteiger partial charge in [-0.05, 0) is 46.5 Å². The van der Waals surface area contributed by atoms with Crippen LogP contribution in [0.5, 0.6) is 0 Å². The Morgan fingerprint density at radius 2 is 1.42 bits per heavy atom. The van der Waals surface area contributed by atoms with Gasteiger partial charge in [0.05, 0.1) is 4.90 Å². The lowest BCUT2D eigenvalue weighted by Gasteiger charge is -2.18. The number of hydrogen-bond donors (Lipinski definition) is 1. The third kappa shape index (κ3) is 4.77. The maximum atomic E-state index is 13.4. The van der Waals surface area contributed by atoms with Gasteiger partial charge in [-0.3, -0.25) is 4.79 Å². The van der Waals surface area contributed by atoms with Crippen LogP contribution in [0.15, 0.2) is 102 Å². The summed E-state index contributed by atoms with van der Waals surface area (Å²) < 4.78 is 37.0. The van der Waals surface area contributed by atoms with E-state index in [4.69, 9.17) is 0 Å². The van der Waals surface area contributed by atoms with Crippen LogP contribution in [0.25, 0.3) is 22.3 Å². The van der Waals surface area contributed by atoms with Crippen molar-refractivity contribution in [2.45, 2.75) is 11.0 Å². The Morgan fingerprint density at radius 1 is 0.788 bits per heavy atom. The second-order valence-electron chi connectivity index (χ2n) is 7.71. The van der Waals surface area contributed by atoms with Gasteiger partial charge in [-0.25, -0.2) is 12.8 Å². The maximum Gasteiger partial charge on any atom is 0.196 e. The number of rotatable bonds is 6. The smallest absolute Gasteiger partial charge is 0.196 e. The third-order valence-electron chi connectivity index (χ3n) is 5.42. The van der Waals surface area contributed by atoms with E-state index in [0.29, 0.717) is 16.7 Å². The number of aliphatic hydroxyl groups excluding tert-OH is 1. The van der Waals surface area contributed by atoms with E-state index in [9.17, 15) is 22.7 Å². The van der Waals surface area contributed by atoms with Gasteiger partial charge in [0.2, 0.25) is 0 Å². The van der Waals surface area contributed by atoms with Crippen molar-refractivity contribution in [3.8, 4) is 22.3 Å². The third-order valence-corrected chi connectivity index (χ3v) is 6.55. The van der Waals surface area contributed by atoms with E-state index in [1.165, 1.54) is 36.4 Å². The monoisotopic (exact) mass is 460 g/mol. The first kappa shape index (κ1) is 22.6. The summed E-state index contributed by atoms with van der Waals surface area (Å²) in [6.07, 6.45) is -0.316. The molecule has 0 saturated heterocycles. The molecule has 0 radical (unpaired) electrons. The molecular formula is C27H21FO4S. The number of benzene rings is 4. The maximum absolute atomic E-state index is 13.4. The molecule has 4 aromatic carbocycles. The Balaban J connectivity index is 1.86. The summed E-state index contributed by atoms with van der Waals surface area (Å²) in [6.45, 7) is 0. The van der Waals surface area contributed by atoms with Gasteiger partial charge >= 0.3 is 0 Å². The average Bonchev–Trinajstić information content (AvgIpc) is 2.83. The molecule has 0 aliphatic carbocycles. The van der Waals surface area contributed by atoms with Crippen molar-refractivity contribution in [1.29, 1.82) is 0 Å². The van der Waals surface area contributed by atoms with E-state index in [1.807, 2.05) is 36.4 Å². The Hall–Kier alpha value is -3.61. The summed E-state index contributed by atoms with van der Waals surface area (Å²) in [7, 11) is -3.34. The fourth-order valence-electron chi connectivity index (χ4n) is 3.74. The van der Waals surface area contributed by atoms with E-state index in [1.54, 1.807) is 24.3 Å². The van der Waals surface area contributed by atoms with E-state index in [-0.39, 0.29) is 4.90 Å². The SMILES string of the molecule is CS(=O)(=O)c1ccc(-c2cccc(C(=O)C(O)c3ccc(F)cc3)c2-c2ccccc2)cc1. The zero-order chi connectivity index (χ0) is 23.6. The summed E-state index contributed by atoms with van der Waals surface area (Å²) in [5, 5.41) is 10.8. The fourth-order valence-corrected chi connectivity index (χ4v) is 4.37. The van der Waals surface area contributed by atoms with Crippen LogP contribution in [0.3, 0.4) is 0 Å². The number of hydrogen-bond acceptors (Lipinski definition) is 4. The summed E-state index contributed by atoms with van der Waals surface area (Å²) in [6, 6.07) is 26.1. The number of ketones is 1. The van der Waals surface area contributed by atoms with Crippen LogP contribution in [0, 0.1) is 5.82 Å². The van der Waals surface area contributed by atoms with Crippen LogP contribution in [-0.2, 0) is 9.84 Å². The molecule has 0 heterocycles. The highest BCUT2D eigenvalue weighted by Gasteiger charge is 2.24. The molecule has 0 aromatic heterocycles. The summed E-state index contributed by atoms with van der Waals surface area (Å²) in [5.74, 6) is -0.974. The normalized spacial score (nSPS) is 12.3. The van der Waals surface area contributed by atoms with Crippen molar-refractivity contribution in [2.24, 2.45) is 0 Å². The molecule has 0 fully saturated rings. The molecule has 1 N–H and O–H groups in total. The van der Waals surface area contributed by atoms with Gasteiger partial charge in [-0.1, -0.05) is 72.8 Å². The minimum Gasteiger partial charge on any atom is -0.380 e. The van der Waals surface area contributed by atoms with Crippen molar-refractivity contribution in [3.05, 3.63) is 114 Å². The predicted molar refractivity (Wildman–Crippen MR) is 126 cm³/mol. The Labute approximate surface area is 191 Å². The van der Waals surface area contributed by atoms with Gasteiger partial charge in [0.25, 0.3) is 0 Å². The lowest BCUT2D eigenvalue weighted by Crippen LogP contribution is -2.14. The number of Topliss-reactive ketones (excluding diaryl/α,β-unsaturated/α-hetero) is 1. The summed E-state index contributed by atoms with van der Waals surface area (Å²) in [5.41, 5.74) is 3.45. The zero-order valence-electron chi connectivity index (χ0n) is 17.8. The van der Waals surface area contributed by atoms with Gasteiger partial charge in [-0.15, -0.1) is 0 Å². The van der Waals surface area contributed by atoms with Crippen LogP contribution < -0.4 is 0 Å². The van der Waals surface area contributed by atoms with Crippen LogP contribution in [0.1, 0.15) is 22.0 Å². The molecule has 1 atom stereocenters. The second-order valence-corrected chi connectivity index (χ2v) is 9.72. The zero-order valence-corrected chi connectivity index (χ0v) is 18.6. The molecule has 166 valence electrons. The van der Waals surface area contributed by atoms with Gasteiger partial charge in [-0.2, -0.15) is 0 Å². The Morgan fingerprint density at radius 3 is 2.03 bits per heavy atom. The summed E-state index contributed by atoms with van der Waals surface area (Å²) >= 11 is 0. The topological polar surface area (TPSA) is 71.4 Å². The van der Waals surface area contributed by atoms with E-state index < -0.39 is 27.5 Å². The minimum atomic E-state index is -3.34. The van der Waals surface area contributed by atoms with Crippen LogP contribution in [0.4, 0.5) is 4.39 Å². The van der Waals surface area contributed by atoms with Crippen LogP contribution >= 0.6 is 0 Å². The predicted octanol–water partition coefficient (Wildman–Crippen LogP) is 5.48. The molecule has 0 saturated carbocycles. The first-order valence-corrected chi connectivity index (χ1v) is 12.1. The molecule has 4 rings (SSSR count). The Kier molecular flexibility index (Phi) is 6.22. The molecule has 1 unspecified atom stereocenters.